The molecule has 0 saturated carbocycles. The third-order valence-electron chi connectivity index (χ3n) is 3.90. The zero-order chi connectivity index (χ0) is 23.4. The molecule has 0 aromatic heterocycles. The van der Waals surface area contributed by atoms with Crippen LogP contribution >= 0.6 is 0 Å². The molecule has 9 nitrogen and oxygen atoms in total. The topological polar surface area (TPSA) is 120 Å². The summed E-state index contributed by atoms with van der Waals surface area (Å²) >= 11 is 0. The second-order valence-electron chi connectivity index (χ2n) is 7.78. The first kappa shape index (κ1) is 26.1. The molecule has 0 heterocycles. The molecule has 172 valence electrons. The Morgan fingerprint density at radius 3 is 2.26 bits per heavy atom. The van der Waals surface area contributed by atoms with Crippen LogP contribution in [0.5, 0.6) is 0 Å². The molecule has 0 spiro atoms. The number of benzene rings is 1. The van der Waals surface area contributed by atoms with E-state index in [1.807, 2.05) is 6.92 Å². The van der Waals surface area contributed by atoms with E-state index in [-0.39, 0.29) is 18.9 Å². The van der Waals surface area contributed by atoms with Crippen molar-refractivity contribution in [1.82, 2.24) is 10.6 Å². The number of nitrogens with one attached hydrogen (secondary N) is 2. The van der Waals surface area contributed by atoms with E-state index in [4.69, 9.17) is 14.2 Å². The molecule has 2 atom stereocenters. The predicted molar refractivity (Wildman–Crippen MR) is 113 cm³/mol. The van der Waals surface area contributed by atoms with Gasteiger partial charge in [0.05, 0.1) is 6.61 Å². The van der Waals surface area contributed by atoms with Crippen molar-refractivity contribution in [3.63, 3.8) is 0 Å². The average molecular weight is 437 g/mol. The number of ether oxygens (including phenoxy) is 3. The van der Waals surface area contributed by atoms with Crippen molar-refractivity contribution in [3.05, 3.63) is 35.9 Å². The van der Waals surface area contributed by atoms with Gasteiger partial charge in [-0.05, 0) is 40.2 Å². The van der Waals surface area contributed by atoms with E-state index in [1.165, 1.54) is 6.92 Å². The van der Waals surface area contributed by atoms with Gasteiger partial charge in [-0.15, -0.1) is 0 Å². The van der Waals surface area contributed by atoms with Crippen LogP contribution in [0.3, 0.4) is 0 Å². The van der Waals surface area contributed by atoms with E-state index < -0.39 is 42.1 Å². The number of carbonyl (C=O) groups excluding carboxylic acids is 4. The number of esters is 1. The Bertz CT molecular complexity index is 744. The molecular formula is C22H32N2O7. The zero-order valence-corrected chi connectivity index (χ0v) is 18.7. The van der Waals surface area contributed by atoms with Gasteiger partial charge in [0, 0.05) is 13.0 Å². The second-order valence-corrected chi connectivity index (χ2v) is 7.78. The minimum Gasteiger partial charge on any atom is -0.450 e. The molecule has 0 aliphatic carbocycles. The number of hydrogen-bond donors (Lipinski definition) is 2. The van der Waals surface area contributed by atoms with Crippen LogP contribution < -0.4 is 10.6 Å². The minimum absolute atomic E-state index is 0.101. The lowest BCUT2D eigenvalue weighted by atomic mass is 9.99. The van der Waals surface area contributed by atoms with Crippen molar-refractivity contribution in [1.29, 1.82) is 0 Å². The molecule has 1 aromatic carbocycles. The van der Waals surface area contributed by atoms with Crippen molar-refractivity contribution in [2.24, 2.45) is 0 Å². The Balaban J connectivity index is 2.88. The first-order valence-corrected chi connectivity index (χ1v) is 10.1. The molecule has 0 fully saturated rings. The molecule has 9 heteroatoms. The summed E-state index contributed by atoms with van der Waals surface area (Å²) in [6, 6.07) is 7.67. The number of carbonyl (C=O) groups is 4. The highest BCUT2D eigenvalue weighted by Crippen LogP contribution is 2.21. The summed E-state index contributed by atoms with van der Waals surface area (Å²) in [7, 11) is 0. The lowest BCUT2D eigenvalue weighted by molar-refractivity contribution is -0.156. The van der Waals surface area contributed by atoms with Crippen LogP contribution in [0.4, 0.5) is 4.79 Å². The summed E-state index contributed by atoms with van der Waals surface area (Å²) in [6.45, 7) is 8.51. The molecule has 0 aliphatic heterocycles. The molecular weight excluding hydrogens is 404 g/mol. The Kier molecular flexibility index (Phi) is 10.7. The van der Waals surface area contributed by atoms with Gasteiger partial charge >= 0.3 is 12.1 Å². The largest absolute Gasteiger partial charge is 0.450 e. The first-order valence-electron chi connectivity index (χ1n) is 10.1. The fourth-order valence-corrected chi connectivity index (χ4v) is 2.57. The van der Waals surface area contributed by atoms with E-state index in [9.17, 15) is 19.2 Å². The second kappa shape index (κ2) is 12.7. The van der Waals surface area contributed by atoms with Gasteiger partial charge in [-0.1, -0.05) is 30.3 Å². The van der Waals surface area contributed by atoms with Gasteiger partial charge in [-0.3, -0.25) is 14.4 Å². The van der Waals surface area contributed by atoms with Crippen LogP contribution in [0, 0.1) is 0 Å². The van der Waals surface area contributed by atoms with Crippen LogP contribution in [-0.4, -0.2) is 55.2 Å². The summed E-state index contributed by atoms with van der Waals surface area (Å²) in [4.78, 5) is 48.7. The molecule has 31 heavy (non-hydrogen) atoms. The monoisotopic (exact) mass is 436 g/mol. The van der Waals surface area contributed by atoms with Crippen LogP contribution in [0.2, 0.25) is 0 Å². The third kappa shape index (κ3) is 10.6. The summed E-state index contributed by atoms with van der Waals surface area (Å²) in [6.07, 6.45) is -1.96. The molecule has 0 unspecified atom stereocenters. The fourth-order valence-electron chi connectivity index (χ4n) is 2.57. The summed E-state index contributed by atoms with van der Waals surface area (Å²) in [5.74, 6) is -1.66. The van der Waals surface area contributed by atoms with Crippen LogP contribution in [0.1, 0.15) is 52.6 Å². The highest BCUT2D eigenvalue weighted by atomic mass is 16.6. The molecule has 0 saturated heterocycles. The molecule has 2 N–H and O–H groups in total. The Labute approximate surface area is 182 Å². The molecule has 1 rings (SSSR count). The van der Waals surface area contributed by atoms with Crippen molar-refractivity contribution < 1.29 is 33.4 Å². The molecule has 0 bridgehead atoms. The van der Waals surface area contributed by atoms with Gasteiger partial charge in [0.15, 0.2) is 11.9 Å². The van der Waals surface area contributed by atoms with Crippen molar-refractivity contribution >= 4 is 23.8 Å². The summed E-state index contributed by atoms with van der Waals surface area (Å²) < 4.78 is 15.7. The first-order chi connectivity index (χ1) is 14.5. The SMILES string of the molecule is CCOCCC(=O)NCC(=O)O[C@@H](C(C)=O)[C@@H](NC(=O)OC(C)(C)C)c1ccccc1. The van der Waals surface area contributed by atoms with E-state index in [0.717, 1.165) is 0 Å². The van der Waals surface area contributed by atoms with Crippen LogP contribution in [-0.2, 0) is 28.6 Å². The van der Waals surface area contributed by atoms with Gasteiger partial charge in [0.2, 0.25) is 5.91 Å². The Morgan fingerprint density at radius 1 is 1.06 bits per heavy atom. The van der Waals surface area contributed by atoms with E-state index >= 15 is 0 Å². The van der Waals surface area contributed by atoms with Crippen molar-refractivity contribution in [2.75, 3.05) is 19.8 Å². The van der Waals surface area contributed by atoms with E-state index in [0.29, 0.717) is 12.2 Å². The smallest absolute Gasteiger partial charge is 0.408 e. The number of alkyl carbamates (subject to hydrolysis) is 1. The minimum atomic E-state index is -1.30. The number of rotatable bonds is 11. The maximum atomic E-state index is 12.3. The highest BCUT2D eigenvalue weighted by Gasteiger charge is 2.33. The number of amides is 2. The maximum Gasteiger partial charge on any atom is 0.408 e. The Morgan fingerprint density at radius 2 is 1.71 bits per heavy atom. The van der Waals surface area contributed by atoms with Crippen molar-refractivity contribution in [2.45, 2.75) is 58.8 Å². The summed E-state index contributed by atoms with van der Waals surface area (Å²) in [5, 5.41) is 5.03. The van der Waals surface area contributed by atoms with Gasteiger partial charge in [0.25, 0.3) is 0 Å². The maximum absolute atomic E-state index is 12.3. The van der Waals surface area contributed by atoms with Crippen LogP contribution in [0.15, 0.2) is 30.3 Å². The number of hydrogen-bond acceptors (Lipinski definition) is 7. The standard InChI is InChI=1S/C22H32N2O7/c1-6-29-13-12-17(26)23-14-18(27)30-20(15(2)25)19(16-10-8-7-9-11-16)24-21(28)31-22(3,4)5/h7-11,19-20H,6,12-14H2,1-5H3,(H,23,26)(H,24,28)/t19-,20-/m0/s1. The molecule has 0 aliphatic rings. The lowest BCUT2D eigenvalue weighted by Gasteiger charge is -2.28. The van der Waals surface area contributed by atoms with Gasteiger partial charge < -0.3 is 24.8 Å². The van der Waals surface area contributed by atoms with Crippen LogP contribution in [0.25, 0.3) is 0 Å². The fraction of sp³-hybridized carbons (Fsp3) is 0.545. The summed E-state index contributed by atoms with van der Waals surface area (Å²) in [5.41, 5.74) is -0.193. The van der Waals surface area contributed by atoms with Gasteiger partial charge in [-0.2, -0.15) is 0 Å². The van der Waals surface area contributed by atoms with E-state index in [2.05, 4.69) is 10.6 Å². The number of ketones is 1. The van der Waals surface area contributed by atoms with Crippen molar-refractivity contribution in [3.8, 4) is 0 Å². The Hall–Kier alpha value is -2.94. The predicted octanol–water partition coefficient (Wildman–Crippen LogP) is 2.30. The third-order valence-corrected chi connectivity index (χ3v) is 3.90. The lowest BCUT2D eigenvalue weighted by Crippen LogP contribution is -2.45. The van der Waals surface area contributed by atoms with E-state index in [1.54, 1.807) is 51.1 Å². The zero-order valence-electron chi connectivity index (χ0n) is 18.7. The van der Waals surface area contributed by atoms with Gasteiger partial charge in [0.1, 0.15) is 18.2 Å². The normalized spacial score (nSPS) is 12.9. The average Bonchev–Trinajstić information content (AvgIpc) is 2.68. The quantitative estimate of drug-likeness (QED) is 0.403. The highest BCUT2D eigenvalue weighted by molar-refractivity contribution is 5.87. The van der Waals surface area contributed by atoms with Gasteiger partial charge in [-0.25, -0.2) is 4.79 Å². The molecule has 1 aromatic rings. The number of Topliss-reactive ketones (excluding diaryl/α,β-unsaturated/α-hetero) is 1. The molecule has 0 radical (unpaired) electrons. The molecule has 2 amide bonds.